The van der Waals surface area contributed by atoms with Gasteiger partial charge in [-0.2, -0.15) is 0 Å². The van der Waals surface area contributed by atoms with E-state index in [-0.39, 0.29) is 11.5 Å². The summed E-state index contributed by atoms with van der Waals surface area (Å²) >= 11 is 0. The van der Waals surface area contributed by atoms with E-state index in [0.717, 1.165) is 17.0 Å². The predicted molar refractivity (Wildman–Crippen MR) is 71.0 cm³/mol. The molecule has 0 amide bonds. The van der Waals surface area contributed by atoms with Gasteiger partial charge in [-0.05, 0) is 31.4 Å². The average Bonchev–Trinajstić information content (AvgIpc) is 2.53. The fourth-order valence-electron chi connectivity index (χ4n) is 2.17. The minimum atomic E-state index is -0.0152. The van der Waals surface area contributed by atoms with Crippen molar-refractivity contribution in [3.63, 3.8) is 0 Å². The molecule has 0 fully saturated rings. The molecule has 1 atom stereocenters. The fraction of sp³-hybridized carbons (Fsp3) is 0.500. The first-order chi connectivity index (χ1) is 7.82. The van der Waals surface area contributed by atoms with Crippen molar-refractivity contribution in [3.8, 4) is 0 Å². The molecule has 0 bridgehead atoms. The first kappa shape index (κ1) is 12.1. The molecule has 2 aromatic rings. The maximum absolute atomic E-state index is 6.39. The minimum absolute atomic E-state index is 0.0152. The number of fused-ring (bicyclic) bond motifs is 1. The molecule has 1 unspecified atom stereocenters. The van der Waals surface area contributed by atoms with Gasteiger partial charge in [0.2, 0.25) is 0 Å². The molecule has 3 heteroatoms. The molecule has 0 aliphatic rings. The fourth-order valence-corrected chi connectivity index (χ4v) is 2.17. The molecule has 2 aromatic heterocycles. The molecule has 0 radical (unpaired) electrons. The van der Waals surface area contributed by atoms with Gasteiger partial charge in [0.05, 0.1) is 17.4 Å². The molecule has 0 aliphatic carbocycles. The average molecular weight is 231 g/mol. The van der Waals surface area contributed by atoms with Gasteiger partial charge in [0.15, 0.2) is 0 Å². The summed E-state index contributed by atoms with van der Waals surface area (Å²) in [6.45, 7) is 10.6. The van der Waals surface area contributed by atoms with Crippen molar-refractivity contribution in [1.82, 2.24) is 9.38 Å². The lowest BCUT2D eigenvalue weighted by Gasteiger charge is -2.27. The van der Waals surface area contributed by atoms with E-state index in [9.17, 15) is 0 Å². The van der Waals surface area contributed by atoms with Gasteiger partial charge in [-0.3, -0.25) is 4.40 Å². The van der Waals surface area contributed by atoms with Crippen LogP contribution in [0, 0.1) is 19.3 Å². The van der Waals surface area contributed by atoms with E-state index in [0.29, 0.717) is 0 Å². The number of nitrogens with two attached hydrogens (primary N) is 1. The minimum Gasteiger partial charge on any atom is -0.322 e. The molecule has 0 saturated carbocycles. The number of hydrogen-bond acceptors (Lipinski definition) is 2. The van der Waals surface area contributed by atoms with Crippen LogP contribution >= 0.6 is 0 Å². The normalized spacial score (nSPS) is 14.2. The molecule has 92 valence electrons. The van der Waals surface area contributed by atoms with E-state index in [2.05, 4.69) is 43.1 Å². The Kier molecular flexibility index (Phi) is 2.74. The Hall–Kier alpha value is -1.35. The molecular weight excluding hydrogens is 210 g/mol. The summed E-state index contributed by atoms with van der Waals surface area (Å²) in [5, 5.41) is 0. The summed E-state index contributed by atoms with van der Waals surface area (Å²) in [6, 6.07) is 6.13. The zero-order chi connectivity index (χ0) is 12.8. The first-order valence-corrected chi connectivity index (χ1v) is 6.02. The Labute approximate surface area is 103 Å². The Balaban J connectivity index is 2.73. The number of aryl methyl sites for hydroxylation is 2. The van der Waals surface area contributed by atoms with Gasteiger partial charge in [-0.1, -0.05) is 26.8 Å². The highest BCUT2D eigenvalue weighted by atomic mass is 15.0. The number of rotatable bonds is 1. The maximum Gasteiger partial charge on any atom is 0.137 e. The Bertz CT molecular complexity index is 546. The Morgan fingerprint density at radius 3 is 2.47 bits per heavy atom. The van der Waals surface area contributed by atoms with Gasteiger partial charge in [0, 0.05) is 5.69 Å². The molecule has 17 heavy (non-hydrogen) atoms. The first-order valence-electron chi connectivity index (χ1n) is 6.02. The van der Waals surface area contributed by atoms with Crippen molar-refractivity contribution in [2.45, 2.75) is 40.7 Å². The third-order valence-corrected chi connectivity index (χ3v) is 3.29. The van der Waals surface area contributed by atoms with Gasteiger partial charge < -0.3 is 5.73 Å². The lowest BCUT2D eigenvalue weighted by molar-refractivity contribution is 0.319. The zero-order valence-electron chi connectivity index (χ0n) is 11.3. The van der Waals surface area contributed by atoms with Gasteiger partial charge in [-0.15, -0.1) is 0 Å². The maximum atomic E-state index is 6.39. The summed E-state index contributed by atoms with van der Waals surface area (Å²) in [7, 11) is 0. The van der Waals surface area contributed by atoms with Gasteiger partial charge >= 0.3 is 0 Å². The lowest BCUT2D eigenvalue weighted by Crippen LogP contribution is -2.28. The second-order valence-corrected chi connectivity index (χ2v) is 5.79. The highest BCUT2D eigenvalue weighted by molar-refractivity contribution is 5.46. The van der Waals surface area contributed by atoms with Crippen LogP contribution in [0.4, 0.5) is 0 Å². The van der Waals surface area contributed by atoms with Crippen LogP contribution in [0.25, 0.3) is 5.65 Å². The molecular formula is C14H21N3. The highest BCUT2D eigenvalue weighted by Crippen LogP contribution is 2.33. The molecule has 2 N–H and O–H groups in total. The van der Waals surface area contributed by atoms with Crippen LogP contribution in [0.1, 0.15) is 43.9 Å². The van der Waals surface area contributed by atoms with E-state index < -0.39 is 0 Å². The molecule has 0 saturated heterocycles. The Morgan fingerprint density at radius 1 is 1.24 bits per heavy atom. The van der Waals surface area contributed by atoms with E-state index in [4.69, 9.17) is 5.73 Å². The van der Waals surface area contributed by atoms with E-state index in [1.807, 2.05) is 19.1 Å². The number of imidazole rings is 1. The second kappa shape index (κ2) is 3.84. The summed E-state index contributed by atoms with van der Waals surface area (Å²) in [6.07, 6.45) is 0. The topological polar surface area (TPSA) is 43.3 Å². The quantitative estimate of drug-likeness (QED) is 0.820. The monoisotopic (exact) mass is 231 g/mol. The predicted octanol–water partition coefficient (Wildman–Crippen LogP) is 3.00. The molecule has 0 aliphatic heterocycles. The number of aromatic nitrogens is 2. The SMILES string of the molecule is Cc1nc2cccc(C)n2c1C(N)C(C)(C)C. The molecule has 2 heterocycles. The van der Waals surface area contributed by atoms with Gasteiger partial charge in [0.1, 0.15) is 5.65 Å². The van der Waals surface area contributed by atoms with Crippen LogP contribution < -0.4 is 5.73 Å². The van der Waals surface area contributed by atoms with Crippen LogP contribution in [0.2, 0.25) is 0 Å². The third-order valence-electron chi connectivity index (χ3n) is 3.29. The lowest BCUT2D eigenvalue weighted by atomic mass is 9.85. The van der Waals surface area contributed by atoms with Crippen LogP contribution in [0.5, 0.6) is 0 Å². The number of nitrogens with zero attached hydrogens (tertiary/aromatic N) is 2. The largest absolute Gasteiger partial charge is 0.322 e. The van der Waals surface area contributed by atoms with Crippen LogP contribution in [0.3, 0.4) is 0 Å². The smallest absolute Gasteiger partial charge is 0.137 e. The van der Waals surface area contributed by atoms with Crippen LogP contribution in [0.15, 0.2) is 18.2 Å². The van der Waals surface area contributed by atoms with Crippen LogP contribution in [-0.4, -0.2) is 9.38 Å². The summed E-state index contributed by atoms with van der Waals surface area (Å²) in [5.41, 5.74) is 10.7. The van der Waals surface area contributed by atoms with Crippen molar-refractivity contribution in [3.05, 3.63) is 35.3 Å². The number of pyridine rings is 1. The summed E-state index contributed by atoms with van der Waals surface area (Å²) in [4.78, 5) is 4.59. The highest BCUT2D eigenvalue weighted by Gasteiger charge is 2.27. The van der Waals surface area contributed by atoms with Crippen molar-refractivity contribution in [1.29, 1.82) is 0 Å². The third kappa shape index (κ3) is 1.95. The molecule has 0 spiro atoms. The van der Waals surface area contributed by atoms with Crippen LogP contribution in [-0.2, 0) is 0 Å². The van der Waals surface area contributed by atoms with Gasteiger partial charge in [-0.25, -0.2) is 4.98 Å². The van der Waals surface area contributed by atoms with E-state index in [1.54, 1.807) is 0 Å². The van der Waals surface area contributed by atoms with Crippen molar-refractivity contribution < 1.29 is 0 Å². The Morgan fingerprint density at radius 2 is 1.88 bits per heavy atom. The van der Waals surface area contributed by atoms with Gasteiger partial charge in [0.25, 0.3) is 0 Å². The van der Waals surface area contributed by atoms with E-state index >= 15 is 0 Å². The molecule has 0 aromatic carbocycles. The number of hydrogen-bond donors (Lipinski definition) is 1. The zero-order valence-corrected chi connectivity index (χ0v) is 11.3. The second-order valence-electron chi connectivity index (χ2n) is 5.79. The van der Waals surface area contributed by atoms with Crippen molar-refractivity contribution in [2.75, 3.05) is 0 Å². The molecule has 3 nitrogen and oxygen atoms in total. The molecule has 2 rings (SSSR count). The van der Waals surface area contributed by atoms with Crippen molar-refractivity contribution >= 4 is 5.65 Å². The summed E-state index contributed by atoms with van der Waals surface area (Å²) in [5.74, 6) is 0. The summed E-state index contributed by atoms with van der Waals surface area (Å²) < 4.78 is 2.17. The van der Waals surface area contributed by atoms with Crippen molar-refractivity contribution in [2.24, 2.45) is 11.1 Å². The van der Waals surface area contributed by atoms with E-state index in [1.165, 1.54) is 5.69 Å². The standard InChI is InChI=1S/C14H21N3/c1-9-7-6-8-11-16-10(2)12(17(9)11)13(15)14(3,4)5/h6-8,13H,15H2,1-5H3.